The minimum Gasteiger partial charge on any atom is -0.329 e. The van der Waals surface area contributed by atoms with E-state index >= 15 is 0 Å². The second-order valence-corrected chi connectivity index (χ2v) is 6.35. The van der Waals surface area contributed by atoms with Gasteiger partial charge in [0.1, 0.15) is 0 Å². The van der Waals surface area contributed by atoms with Gasteiger partial charge in [-0.15, -0.1) is 11.8 Å². The Morgan fingerprint density at radius 2 is 2.28 bits per heavy atom. The first-order valence-corrected chi connectivity index (χ1v) is 7.49. The molecule has 1 saturated carbocycles. The van der Waals surface area contributed by atoms with Crippen molar-refractivity contribution in [3.63, 3.8) is 0 Å². The minimum atomic E-state index is -0.273. The molecule has 4 heteroatoms. The first kappa shape index (κ1) is 12.1. The number of aryl methyl sites for hydroxylation is 1. The summed E-state index contributed by atoms with van der Waals surface area (Å²) >= 11 is 1.91. The molecule has 18 heavy (non-hydrogen) atoms. The largest absolute Gasteiger partial charge is 0.329 e. The van der Waals surface area contributed by atoms with Crippen molar-refractivity contribution < 1.29 is 4.79 Å². The average molecular weight is 262 g/mol. The topological polar surface area (TPSA) is 55.1 Å². The Morgan fingerprint density at radius 1 is 1.44 bits per heavy atom. The summed E-state index contributed by atoms with van der Waals surface area (Å²) < 4.78 is 0. The molecule has 1 aliphatic heterocycles. The minimum absolute atomic E-state index is 0.0911. The Labute approximate surface area is 112 Å². The molecule has 3 N–H and O–H groups in total. The molecule has 1 amide bonds. The van der Waals surface area contributed by atoms with Gasteiger partial charge in [-0.25, -0.2) is 0 Å². The van der Waals surface area contributed by atoms with Crippen molar-refractivity contribution >= 4 is 23.4 Å². The van der Waals surface area contributed by atoms with E-state index in [2.05, 4.69) is 17.4 Å². The summed E-state index contributed by atoms with van der Waals surface area (Å²) in [6.45, 7) is 0.458. The molecular formula is C14H18N2OS. The normalized spacial score (nSPS) is 20.1. The highest BCUT2D eigenvalue weighted by molar-refractivity contribution is 7.99. The Balaban J connectivity index is 1.75. The number of anilines is 1. The fourth-order valence-electron chi connectivity index (χ4n) is 2.38. The van der Waals surface area contributed by atoms with E-state index in [1.165, 1.54) is 22.6 Å². The van der Waals surface area contributed by atoms with E-state index < -0.39 is 0 Å². The molecule has 1 fully saturated rings. The van der Waals surface area contributed by atoms with Crippen molar-refractivity contribution in [1.29, 1.82) is 0 Å². The van der Waals surface area contributed by atoms with Crippen LogP contribution in [0.1, 0.15) is 24.8 Å². The number of hydrogen-bond donors (Lipinski definition) is 2. The van der Waals surface area contributed by atoms with Crippen LogP contribution in [0.2, 0.25) is 0 Å². The van der Waals surface area contributed by atoms with Gasteiger partial charge < -0.3 is 11.1 Å². The summed E-state index contributed by atoms with van der Waals surface area (Å²) in [6.07, 6.45) is 4.20. The van der Waals surface area contributed by atoms with Crippen molar-refractivity contribution in [1.82, 2.24) is 0 Å². The maximum atomic E-state index is 12.1. The van der Waals surface area contributed by atoms with E-state index in [0.717, 1.165) is 24.9 Å². The number of carbonyl (C=O) groups excluding carboxylic acids is 1. The van der Waals surface area contributed by atoms with Gasteiger partial charge >= 0.3 is 0 Å². The summed E-state index contributed by atoms with van der Waals surface area (Å²) in [5.74, 6) is 1.29. The van der Waals surface area contributed by atoms with Gasteiger partial charge in [-0.2, -0.15) is 0 Å². The predicted octanol–water partition coefficient (Wildman–Crippen LogP) is 2.40. The highest BCUT2D eigenvalue weighted by atomic mass is 32.2. The number of thioether (sulfide) groups is 1. The fourth-order valence-corrected chi connectivity index (χ4v) is 3.40. The number of amides is 1. The molecule has 0 bridgehead atoms. The SMILES string of the molecule is NCC1(C(=O)Nc2ccc3c(c2)CCCS3)CC1. The standard InChI is InChI=1S/C14H18N2OS/c15-9-14(5-6-14)13(17)16-11-3-4-12-10(8-11)2-1-7-18-12/h3-4,8H,1-2,5-7,9,15H2,(H,16,17). The Bertz CT molecular complexity index is 483. The van der Waals surface area contributed by atoms with Gasteiger partial charge in [0.15, 0.2) is 0 Å². The van der Waals surface area contributed by atoms with Crippen LogP contribution in [0.5, 0.6) is 0 Å². The third-order valence-corrected chi connectivity index (χ3v) is 5.09. The van der Waals surface area contributed by atoms with Crippen molar-refractivity contribution in [2.24, 2.45) is 11.1 Å². The van der Waals surface area contributed by atoms with Crippen LogP contribution in [0.15, 0.2) is 23.1 Å². The van der Waals surface area contributed by atoms with E-state index in [4.69, 9.17) is 5.73 Å². The van der Waals surface area contributed by atoms with Gasteiger partial charge in [0.25, 0.3) is 0 Å². The molecule has 0 spiro atoms. The first-order valence-electron chi connectivity index (χ1n) is 6.51. The van der Waals surface area contributed by atoms with E-state index in [9.17, 15) is 4.79 Å². The van der Waals surface area contributed by atoms with Gasteiger partial charge in [0.05, 0.1) is 5.41 Å². The summed E-state index contributed by atoms with van der Waals surface area (Å²) in [4.78, 5) is 13.5. The Hall–Kier alpha value is -1.00. The van der Waals surface area contributed by atoms with E-state index in [1.54, 1.807) is 0 Å². The number of hydrogen-bond acceptors (Lipinski definition) is 3. The molecule has 1 aromatic carbocycles. The molecule has 0 aromatic heterocycles. The van der Waals surface area contributed by atoms with E-state index in [1.807, 2.05) is 17.8 Å². The number of carbonyl (C=O) groups is 1. The summed E-state index contributed by atoms with van der Waals surface area (Å²) in [5, 5.41) is 3.02. The quantitative estimate of drug-likeness (QED) is 0.879. The zero-order valence-electron chi connectivity index (χ0n) is 10.4. The van der Waals surface area contributed by atoms with Gasteiger partial charge in [0.2, 0.25) is 5.91 Å². The molecule has 1 heterocycles. The van der Waals surface area contributed by atoms with Gasteiger partial charge in [-0.1, -0.05) is 0 Å². The third-order valence-electron chi connectivity index (χ3n) is 3.89. The number of benzene rings is 1. The predicted molar refractivity (Wildman–Crippen MR) is 74.8 cm³/mol. The molecule has 1 aromatic rings. The lowest BCUT2D eigenvalue weighted by atomic mass is 10.1. The highest BCUT2D eigenvalue weighted by Crippen LogP contribution is 2.45. The molecule has 3 nitrogen and oxygen atoms in total. The lowest BCUT2D eigenvalue weighted by Gasteiger charge is -2.18. The molecular weight excluding hydrogens is 244 g/mol. The van der Waals surface area contributed by atoms with Gasteiger partial charge in [0, 0.05) is 17.1 Å². The first-order chi connectivity index (χ1) is 8.73. The fraction of sp³-hybridized carbons (Fsp3) is 0.500. The molecule has 0 saturated heterocycles. The van der Waals surface area contributed by atoms with Crippen molar-refractivity contribution in [2.75, 3.05) is 17.6 Å². The Kier molecular flexibility index (Phi) is 3.08. The van der Waals surface area contributed by atoms with Crippen LogP contribution in [-0.4, -0.2) is 18.2 Å². The lowest BCUT2D eigenvalue weighted by Crippen LogP contribution is -2.30. The number of nitrogens with two attached hydrogens (primary N) is 1. The summed E-state index contributed by atoms with van der Waals surface area (Å²) in [6, 6.07) is 6.24. The molecule has 0 unspecified atom stereocenters. The average Bonchev–Trinajstić information content (AvgIpc) is 3.19. The summed E-state index contributed by atoms with van der Waals surface area (Å²) in [5.41, 5.74) is 7.68. The molecule has 2 aliphatic rings. The van der Waals surface area contributed by atoms with Crippen LogP contribution in [0.4, 0.5) is 5.69 Å². The van der Waals surface area contributed by atoms with E-state index in [-0.39, 0.29) is 11.3 Å². The molecule has 1 aliphatic carbocycles. The third kappa shape index (κ3) is 2.15. The lowest BCUT2D eigenvalue weighted by molar-refractivity contribution is -0.120. The summed E-state index contributed by atoms with van der Waals surface area (Å²) in [7, 11) is 0. The second kappa shape index (κ2) is 4.59. The van der Waals surface area contributed by atoms with Gasteiger partial charge in [-0.3, -0.25) is 4.79 Å². The van der Waals surface area contributed by atoms with Crippen LogP contribution >= 0.6 is 11.8 Å². The molecule has 3 rings (SSSR count). The van der Waals surface area contributed by atoms with Gasteiger partial charge in [-0.05, 0) is 55.2 Å². The van der Waals surface area contributed by atoms with E-state index in [0.29, 0.717) is 6.54 Å². The molecule has 0 radical (unpaired) electrons. The number of nitrogens with one attached hydrogen (secondary N) is 1. The Morgan fingerprint density at radius 3 is 3.00 bits per heavy atom. The van der Waals surface area contributed by atoms with Crippen LogP contribution in [-0.2, 0) is 11.2 Å². The maximum absolute atomic E-state index is 12.1. The van der Waals surface area contributed by atoms with Crippen LogP contribution in [0.3, 0.4) is 0 Å². The zero-order valence-corrected chi connectivity index (χ0v) is 11.2. The number of rotatable bonds is 3. The zero-order chi connectivity index (χ0) is 12.6. The monoisotopic (exact) mass is 262 g/mol. The van der Waals surface area contributed by atoms with Crippen LogP contribution in [0.25, 0.3) is 0 Å². The molecule has 0 atom stereocenters. The number of fused-ring (bicyclic) bond motifs is 1. The van der Waals surface area contributed by atoms with Crippen molar-refractivity contribution in [3.05, 3.63) is 23.8 Å². The maximum Gasteiger partial charge on any atom is 0.231 e. The van der Waals surface area contributed by atoms with Crippen LogP contribution in [0, 0.1) is 5.41 Å². The van der Waals surface area contributed by atoms with Crippen LogP contribution < -0.4 is 11.1 Å². The molecule has 96 valence electrons. The smallest absolute Gasteiger partial charge is 0.231 e. The highest BCUT2D eigenvalue weighted by Gasteiger charge is 2.48. The van der Waals surface area contributed by atoms with Crippen molar-refractivity contribution in [2.45, 2.75) is 30.6 Å². The second-order valence-electron chi connectivity index (χ2n) is 5.21. The van der Waals surface area contributed by atoms with Crippen molar-refractivity contribution in [3.8, 4) is 0 Å².